The lowest BCUT2D eigenvalue weighted by molar-refractivity contribution is -0.122. The largest absolute Gasteiger partial charge is 0.489 e. The van der Waals surface area contributed by atoms with Gasteiger partial charge in [-0.15, -0.1) is 0 Å². The molecule has 1 fully saturated rings. The zero-order valence-corrected chi connectivity index (χ0v) is 26.3. The predicted octanol–water partition coefficient (Wildman–Crippen LogP) is 8.34. The Morgan fingerprint density at radius 1 is 0.738 bits per heavy atom. The van der Waals surface area contributed by atoms with E-state index in [0.29, 0.717) is 38.2 Å². The molecule has 0 saturated carbocycles. The Balaban J connectivity index is 1.35. The van der Waals surface area contributed by atoms with Crippen molar-refractivity contribution in [3.05, 3.63) is 126 Å². The van der Waals surface area contributed by atoms with Crippen molar-refractivity contribution in [1.29, 1.82) is 0 Å². The standard InChI is InChI=1S/C31H20Br2Cl2N2O5/c32-21-4-1-18(2-5-21)16-41-24-9-7-23(8-10-24)37-30(39)25(29(38)36-31(37)40)15-20-14-22(33)6-12-28(20)42-17-19-3-11-26(34)27(35)13-19/h1-15H,16-17H2,(H,36,38,40)/b25-15+. The average Bonchev–Trinajstić information content (AvgIpc) is 2.97. The zero-order chi connectivity index (χ0) is 29.8. The molecule has 7 nitrogen and oxygen atoms in total. The van der Waals surface area contributed by atoms with Gasteiger partial charge in [-0.2, -0.15) is 0 Å². The lowest BCUT2D eigenvalue weighted by atomic mass is 10.1. The van der Waals surface area contributed by atoms with E-state index in [9.17, 15) is 14.4 Å². The highest BCUT2D eigenvalue weighted by molar-refractivity contribution is 9.10. The van der Waals surface area contributed by atoms with Crippen molar-refractivity contribution >= 4 is 84.7 Å². The van der Waals surface area contributed by atoms with Crippen molar-refractivity contribution in [2.24, 2.45) is 0 Å². The number of anilines is 1. The van der Waals surface area contributed by atoms with Crippen molar-refractivity contribution in [2.45, 2.75) is 13.2 Å². The molecule has 212 valence electrons. The van der Waals surface area contributed by atoms with Gasteiger partial charge >= 0.3 is 6.03 Å². The summed E-state index contributed by atoms with van der Waals surface area (Å²) in [7, 11) is 0. The van der Waals surface area contributed by atoms with Crippen LogP contribution in [-0.2, 0) is 22.8 Å². The summed E-state index contributed by atoms with van der Waals surface area (Å²) in [4.78, 5) is 39.9. The smallest absolute Gasteiger partial charge is 0.335 e. The van der Waals surface area contributed by atoms with E-state index in [1.807, 2.05) is 24.3 Å². The number of ether oxygens (including phenoxy) is 2. The van der Waals surface area contributed by atoms with Crippen LogP contribution in [0.2, 0.25) is 10.0 Å². The summed E-state index contributed by atoms with van der Waals surface area (Å²) < 4.78 is 13.5. The molecule has 1 saturated heterocycles. The summed E-state index contributed by atoms with van der Waals surface area (Å²) >= 11 is 18.9. The highest BCUT2D eigenvalue weighted by atomic mass is 79.9. The maximum Gasteiger partial charge on any atom is 0.335 e. The van der Waals surface area contributed by atoms with E-state index < -0.39 is 17.8 Å². The molecule has 4 amide bonds. The van der Waals surface area contributed by atoms with E-state index in [1.54, 1.807) is 60.7 Å². The fraction of sp³-hybridized carbons (Fsp3) is 0.0645. The summed E-state index contributed by atoms with van der Waals surface area (Å²) in [5.74, 6) is -0.627. The van der Waals surface area contributed by atoms with Gasteiger partial charge < -0.3 is 9.47 Å². The topological polar surface area (TPSA) is 84.9 Å². The van der Waals surface area contributed by atoms with Gasteiger partial charge in [0.2, 0.25) is 0 Å². The molecule has 0 aromatic heterocycles. The normalized spacial score (nSPS) is 14.2. The van der Waals surface area contributed by atoms with Crippen LogP contribution in [-0.4, -0.2) is 17.8 Å². The molecule has 0 bridgehead atoms. The van der Waals surface area contributed by atoms with E-state index in [1.165, 1.54) is 6.08 Å². The number of nitrogens with zero attached hydrogens (tertiary/aromatic N) is 1. The van der Waals surface area contributed by atoms with Crippen LogP contribution >= 0.6 is 55.1 Å². The lowest BCUT2D eigenvalue weighted by Crippen LogP contribution is -2.54. The van der Waals surface area contributed by atoms with E-state index in [2.05, 4.69) is 37.2 Å². The molecule has 11 heteroatoms. The monoisotopic (exact) mass is 728 g/mol. The van der Waals surface area contributed by atoms with Crippen molar-refractivity contribution in [3.8, 4) is 11.5 Å². The predicted molar refractivity (Wildman–Crippen MR) is 169 cm³/mol. The number of amides is 4. The number of imide groups is 2. The van der Waals surface area contributed by atoms with Gasteiger partial charge in [-0.05, 0) is 83.9 Å². The molecule has 1 heterocycles. The Morgan fingerprint density at radius 2 is 1.40 bits per heavy atom. The second-order valence-corrected chi connectivity index (χ2v) is 11.7. The van der Waals surface area contributed by atoms with Crippen LogP contribution in [0.15, 0.2) is 99.4 Å². The summed E-state index contributed by atoms with van der Waals surface area (Å²) in [6.45, 7) is 0.509. The molecule has 1 aliphatic rings. The number of hydrogen-bond donors (Lipinski definition) is 1. The van der Waals surface area contributed by atoms with Crippen molar-refractivity contribution < 1.29 is 23.9 Å². The first-order valence-electron chi connectivity index (χ1n) is 12.4. The van der Waals surface area contributed by atoms with Gasteiger partial charge in [0.15, 0.2) is 0 Å². The van der Waals surface area contributed by atoms with Crippen LogP contribution in [0.3, 0.4) is 0 Å². The number of halogens is 4. The number of urea groups is 1. The molecular formula is C31H20Br2Cl2N2O5. The molecular weight excluding hydrogens is 711 g/mol. The van der Waals surface area contributed by atoms with Gasteiger partial charge in [0.05, 0.1) is 15.7 Å². The number of nitrogens with one attached hydrogen (secondary N) is 1. The Hall–Kier alpha value is -3.63. The third-order valence-electron chi connectivity index (χ3n) is 6.17. The molecule has 5 rings (SSSR count). The van der Waals surface area contributed by atoms with Gasteiger partial charge in [-0.25, -0.2) is 9.69 Å². The Labute approximate surface area is 268 Å². The fourth-order valence-electron chi connectivity index (χ4n) is 4.04. The second-order valence-electron chi connectivity index (χ2n) is 9.09. The summed E-state index contributed by atoms with van der Waals surface area (Å²) in [5.41, 5.74) is 2.25. The molecule has 1 aliphatic heterocycles. The first-order valence-corrected chi connectivity index (χ1v) is 14.8. The van der Waals surface area contributed by atoms with E-state index >= 15 is 0 Å². The van der Waals surface area contributed by atoms with Gasteiger partial charge in [-0.3, -0.25) is 14.9 Å². The lowest BCUT2D eigenvalue weighted by Gasteiger charge is -2.26. The SMILES string of the molecule is O=C1NC(=O)N(c2ccc(OCc3ccc(Br)cc3)cc2)C(=O)/C1=C/c1cc(Br)ccc1OCc1ccc(Cl)c(Cl)c1. The molecule has 42 heavy (non-hydrogen) atoms. The van der Waals surface area contributed by atoms with Crippen LogP contribution in [0, 0.1) is 0 Å². The van der Waals surface area contributed by atoms with Gasteiger partial charge in [0, 0.05) is 14.5 Å². The van der Waals surface area contributed by atoms with Crippen molar-refractivity contribution in [1.82, 2.24) is 5.32 Å². The number of barbiturate groups is 1. The molecule has 0 aliphatic carbocycles. The molecule has 0 spiro atoms. The molecule has 4 aromatic carbocycles. The first kappa shape index (κ1) is 29.8. The second kappa shape index (κ2) is 13.1. The van der Waals surface area contributed by atoms with Crippen molar-refractivity contribution in [3.63, 3.8) is 0 Å². The van der Waals surface area contributed by atoms with E-state index in [-0.39, 0.29) is 17.9 Å². The van der Waals surface area contributed by atoms with Crippen molar-refractivity contribution in [2.75, 3.05) is 4.90 Å². The minimum absolute atomic E-state index is 0.162. The number of benzene rings is 4. The van der Waals surface area contributed by atoms with Gasteiger partial charge in [0.1, 0.15) is 30.3 Å². The highest BCUT2D eigenvalue weighted by Crippen LogP contribution is 2.30. The molecule has 4 aromatic rings. The van der Waals surface area contributed by atoms with Gasteiger partial charge in [0.25, 0.3) is 11.8 Å². The maximum absolute atomic E-state index is 13.5. The summed E-state index contributed by atoms with van der Waals surface area (Å²) in [5, 5.41) is 3.07. The Morgan fingerprint density at radius 3 is 2.12 bits per heavy atom. The number of hydrogen-bond acceptors (Lipinski definition) is 5. The zero-order valence-electron chi connectivity index (χ0n) is 21.6. The minimum atomic E-state index is -0.851. The summed E-state index contributed by atoms with van der Waals surface area (Å²) in [6, 6.07) is 23.7. The molecule has 0 radical (unpaired) electrons. The number of carbonyl (C=O) groups is 3. The average molecular weight is 731 g/mol. The Bertz CT molecular complexity index is 1710. The fourth-order valence-corrected chi connectivity index (χ4v) is 5.00. The number of carbonyl (C=O) groups excluding carboxylic acids is 3. The maximum atomic E-state index is 13.5. The van der Waals surface area contributed by atoms with Crippen LogP contribution < -0.4 is 19.7 Å². The minimum Gasteiger partial charge on any atom is -0.489 e. The first-order chi connectivity index (χ1) is 20.2. The van der Waals surface area contributed by atoms with Crippen LogP contribution in [0.5, 0.6) is 11.5 Å². The Kier molecular flexibility index (Phi) is 9.33. The molecule has 0 atom stereocenters. The summed E-state index contributed by atoms with van der Waals surface area (Å²) in [6.07, 6.45) is 1.39. The van der Waals surface area contributed by atoms with E-state index in [4.69, 9.17) is 32.7 Å². The highest BCUT2D eigenvalue weighted by Gasteiger charge is 2.37. The van der Waals surface area contributed by atoms with Crippen LogP contribution in [0.4, 0.5) is 10.5 Å². The third kappa shape index (κ3) is 7.04. The van der Waals surface area contributed by atoms with Crippen LogP contribution in [0.1, 0.15) is 16.7 Å². The molecule has 0 unspecified atom stereocenters. The van der Waals surface area contributed by atoms with E-state index in [0.717, 1.165) is 20.5 Å². The molecule has 1 N–H and O–H groups in total. The quantitative estimate of drug-likeness (QED) is 0.146. The number of rotatable bonds is 8. The van der Waals surface area contributed by atoms with Crippen LogP contribution in [0.25, 0.3) is 6.08 Å². The van der Waals surface area contributed by atoms with Gasteiger partial charge in [-0.1, -0.05) is 73.3 Å². The third-order valence-corrected chi connectivity index (χ3v) is 7.93.